The molecule has 0 heterocycles. The Balaban J connectivity index is 2.22. The van der Waals surface area contributed by atoms with Gasteiger partial charge in [0, 0.05) is 20.0 Å². The van der Waals surface area contributed by atoms with Crippen LogP contribution in [0.15, 0.2) is 56.7 Å². The van der Waals surface area contributed by atoms with Crippen molar-refractivity contribution in [3.05, 3.63) is 52.5 Å². The van der Waals surface area contributed by atoms with Gasteiger partial charge in [-0.1, -0.05) is 27.7 Å². The van der Waals surface area contributed by atoms with Gasteiger partial charge in [0.15, 0.2) is 0 Å². The summed E-state index contributed by atoms with van der Waals surface area (Å²) in [4.78, 5) is 13.8. The van der Waals surface area contributed by atoms with Crippen molar-refractivity contribution in [3.8, 4) is 0 Å². The first kappa shape index (κ1) is 14.9. The van der Waals surface area contributed by atoms with Gasteiger partial charge in [0.05, 0.1) is 12.2 Å². The molecule has 0 saturated carbocycles. The van der Waals surface area contributed by atoms with Crippen LogP contribution >= 0.6 is 27.7 Å². The molecule has 0 atom stereocenters. The molecule has 0 radical (unpaired) electrons. The molecule has 2 aromatic rings. The van der Waals surface area contributed by atoms with Crippen molar-refractivity contribution in [2.75, 3.05) is 12.3 Å². The molecule has 0 aliphatic carbocycles. The predicted octanol–water partition coefficient (Wildman–Crippen LogP) is 4.36. The standard InChI is InChI=1S/C15H14BrNO2S/c1-2-19-15(18)13-9-12(7-8-14(13)17)20-11-5-3-10(16)4-6-11/h3-9H,2,17H2,1H3. The summed E-state index contributed by atoms with van der Waals surface area (Å²) in [5.41, 5.74) is 6.66. The predicted molar refractivity (Wildman–Crippen MR) is 85.1 cm³/mol. The van der Waals surface area contributed by atoms with Gasteiger partial charge in [-0.05, 0) is 49.4 Å². The fourth-order valence-corrected chi connectivity index (χ4v) is 2.74. The molecule has 0 bridgehead atoms. The van der Waals surface area contributed by atoms with Crippen molar-refractivity contribution in [1.29, 1.82) is 0 Å². The van der Waals surface area contributed by atoms with Gasteiger partial charge in [-0.3, -0.25) is 0 Å². The maximum atomic E-state index is 11.8. The third-order valence-electron chi connectivity index (χ3n) is 2.57. The summed E-state index contributed by atoms with van der Waals surface area (Å²) in [7, 11) is 0. The molecule has 104 valence electrons. The zero-order valence-electron chi connectivity index (χ0n) is 10.9. The third kappa shape index (κ3) is 3.77. The van der Waals surface area contributed by atoms with Crippen LogP contribution in [0.1, 0.15) is 17.3 Å². The maximum Gasteiger partial charge on any atom is 0.340 e. The number of carbonyl (C=O) groups excluding carboxylic acids is 1. The van der Waals surface area contributed by atoms with Crippen LogP contribution in [0.2, 0.25) is 0 Å². The lowest BCUT2D eigenvalue weighted by Crippen LogP contribution is -2.07. The molecule has 0 fully saturated rings. The molecule has 0 aliphatic heterocycles. The van der Waals surface area contributed by atoms with Gasteiger partial charge in [0.25, 0.3) is 0 Å². The monoisotopic (exact) mass is 351 g/mol. The number of hydrogen-bond donors (Lipinski definition) is 1. The van der Waals surface area contributed by atoms with E-state index in [2.05, 4.69) is 15.9 Å². The van der Waals surface area contributed by atoms with Crippen LogP contribution in [-0.2, 0) is 4.74 Å². The van der Waals surface area contributed by atoms with Gasteiger partial charge in [0.2, 0.25) is 0 Å². The molecule has 0 spiro atoms. The van der Waals surface area contributed by atoms with Crippen LogP contribution in [-0.4, -0.2) is 12.6 Å². The lowest BCUT2D eigenvalue weighted by atomic mass is 10.2. The molecule has 3 nitrogen and oxygen atoms in total. The number of esters is 1. The van der Waals surface area contributed by atoms with Crippen LogP contribution in [0.3, 0.4) is 0 Å². The Labute approximate surface area is 130 Å². The number of nitrogens with two attached hydrogens (primary N) is 1. The number of nitrogen functional groups attached to an aromatic ring is 1. The molecule has 0 amide bonds. The Bertz CT molecular complexity index is 614. The molecule has 0 aliphatic rings. The van der Waals surface area contributed by atoms with Crippen molar-refractivity contribution < 1.29 is 9.53 Å². The minimum atomic E-state index is -0.386. The minimum Gasteiger partial charge on any atom is -0.462 e. The van der Waals surface area contributed by atoms with Crippen molar-refractivity contribution in [3.63, 3.8) is 0 Å². The van der Waals surface area contributed by atoms with E-state index >= 15 is 0 Å². The van der Waals surface area contributed by atoms with Crippen LogP contribution < -0.4 is 5.73 Å². The summed E-state index contributed by atoms with van der Waals surface area (Å²) >= 11 is 4.97. The van der Waals surface area contributed by atoms with E-state index in [0.717, 1.165) is 14.3 Å². The van der Waals surface area contributed by atoms with Crippen molar-refractivity contribution in [1.82, 2.24) is 0 Å². The number of rotatable bonds is 4. The Kier molecular flexibility index (Phi) is 5.09. The molecular formula is C15H14BrNO2S. The second kappa shape index (κ2) is 6.81. The van der Waals surface area contributed by atoms with E-state index in [1.165, 1.54) is 0 Å². The molecule has 0 aromatic heterocycles. The Morgan fingerprint density at radius 2 is 1.85 bits per heavy atom. The molecule has 2 N–H and O–H groups in total. The second-order valence-electron chi connectivity index (χ2n) is 4.03. The van der Waals surface area contributed by atoms with Gasteiger partial charge < -0.3 is 10.5 Å². The number of hydrogen-bond acceptors (Lipinski definition) is 4. The first-order chi connectivity index (χ1) is 9.60. The van der Waals surface area contributed by atoms with Gasteiger partial charge in [0.1, 0.15) is 0 Å². The number of benzene rings is 2. The van der Waals surface area contributed by atoms with E-state index in [0.29, 0.717) is 17.9 Å². The lowest BCUT2D eigenvalue weighted by molar-refractivity contribution is 0.0527. The van der Waals surface area contributed by atoms with E-state index in [4.69, 9.17) is 10.5 Å². The van der Waals surface area contributed by atoms with Crippen LogP contribution in [0, 0.1) is 0 Å². The molecule has 0 saturated heterocycles. The summed E-state index contributed by atoms with van der Waals surface area (Å²) in [6, 6.07) is 13.4. The fraction of sp³-hybridized carbons (Fsp3) is 0.133. The lowest BCUT2D eigenvalue weighted by Gasteiger charge is -2.08. The van der Waals surface area contributed by atoms with Gasteiger partial charge in [-0.2, -0.15) is 0 Å². The Morgan fingerprint density at radius 1 is 1.20 bits per heavy atom. The number of ether oxygens (including phenoxy) is 1. The van der Waals surface area contributed by atoms with Crippen molar-refractivity contribution >= 4 is 39.3 Å². The van der Waals surface area contributed by atoms with E-state index in [1.54, 1.807) is 30.8 Å². The van der Waals surface area contributed by atoms with E-state index in [-0.39, 0.29) is 5.97 Å². The first-order valence-corrected chi connectivity index (χ1v) is 7.71. The second-order valence-corrected chi connectivity index (χ2v) is 6.09. The van der Waals surface area contributed by atoms with E-state index < -0.39 is 0 Å². The first-order valence-electron chi connectivity index (χ1n) is 6.10. The summed E-state index contributed by atoms with van der Waals surface area (Å²) in [5.74, 6) is -0.386. The topological polar surface area (TPSA) is 52.3 Å². The highest BCUT2D eigenvalue weighted by atomic mass is 79.9. The molecule has 2 aromatic carbocycles. The number of anilines is 1. The number of halogens is 1. The summed E-state index contributed by atoms with van der Waals surface area (Å²) in [6.07, 6.45) is 0. The van der Waals surface area contributed by atoms with Gasteiger partial charge in [-0.25, -0.2) is 4.79 Å². The molecule has 5 heteroatoms. The normalized spacial score (nSPS) is 10.3. The highest BCUT2D eigenvalue weighted by Gasteiger charge is 2.12. The summed E-state index contributed by atoms with van der Waals surface area (Å²) in [5, 5.41) is 0. The molecule has 0 unspecified atom stereocenters. The van der Waals surface area contributed by atoms with E-state index in [9.17, 15) is 4.79 Å². The number of carbonyl (C=O) groups is 1. The molecule has 2 rings (SSSR count). The smallest absolute Gasteiger partial charge is 0.340 e. The average Bonchev–Trinajstić information content (AvgIpc) is 2.43. The van der Waals surface area contributed by atoms with Crippen LogP contribution in [0.5, 0.6) is 0 Å². The van der Waals surface area contributed by atoms with E-state index in [1.807, 2.05) is 30.3 Å². The molecular weight excluding hydrogens is 338 g/mol. The third-order valence-corrected chi connectivity index (χ3v) is 4.10. The van der Waals surface area contributed by atoms with Gasteiger partial charge in [-0.15, -0.1) is 0 Å². The largest absolute Gasteiger partial charge is 0.462 e. The Morgan fingerprint density at radius 3 is 2.50 bits per heavy atom. The van der Waals surface area contributed by atoms with Crippen LogP contribution in [0.25, 0.3) is 0 Å². The zero-order valence-corrected chi connectivity index (χ0v) is 13.3. The minimum absolute atomic E-state index is 0.336. The summed E-state index contributed by atoms with van der Waals surface area (Å²) in [6.45, 7) is 2.11. The zero-order chi connectivity index (χ0) is 14.5. The maximum absolute atomic E-state index is 11.8. The highest BCUT2D eigenvalue weighted by Crippen LogP contribution is 2.30. The van der Waals surface area contributed by atoms with Crippen molar-refractivity contribution in [2.24, 2.45) is 0 Å². The summed E-state index contributed by atoms with van der Waals surface area (Å²) < 4.78 is 6.03. The fourth-order valence-electron chi connectivity index (χ4n) is 1.62. The highest BCUT2D eigenvalue weighted by molar-refractivity contribution is 9.10. The molecule has 20 heavy (non-hydrogen) atoms. The van der Waals surface area contributed by atoms with Crippen LogP contribution in [0.4, 0.5) is 5.69 Å². The average molecular weight is 352 g/mol. The Hall–Kier alpha value is -1.46. The van der Waals surface area contributed by atoms with Crippen molar-refractivity contribution in [2.45, 2.75) is 16.7 Å². The quantitative estimate of drug-likeness (QED) is 0.656. The van der Waals surface area contributed by atoms with Gasteiger partial charge >= 0.3 is 5.97 Å². The SMILES string of the molecule is CCOC(=O)c1cc(Sc2ccc(Br)cc2)ccc1N.